The van der Waals surface area contributed by atoms with Gasteiger partial charge in [0.25, 0.3) is 0 Å². The van der Waals surface area contributed by atoms with Gasteiger partial charge in [0, 0.05) is 48.2 Å². The van der Waals surface area contributed by atoms with E-state index in [9.17, 15) is 4.79 Å². The van der Waals surface area contributed by atoms with Gasteiger partial charge in [-0.1, -0.05) is 6.07 Å². The average molecular weight is 314 g/mol. The number of aromatic amines is 1. The number of nitrogens with zero attached hydrogens (tertiary/aromatic N) is 2. The number of hydrogen-bond donors (Lipinski definition) is 2. The summed E-state index contributed by atoms with van der Waals surface area (Å²) in [5.74, 6) is 0. The van der Waals surface area contributed by atoms with Crippen LogP contribution in [0, 0.1) is 0 Å². The first kappa shape index (κ1) is 14.6. The lowest BCUT2D eigenvalue weighted by Gasteiger charge is -2.21. The second kappa shape index (κ2) is 6.62. The number of carbonyl (C=O) groups is 1. The first-order valence-electron chi connectivity index (χ1n) is 7.28. The number of hydrogen-bond acceptors (Lipinski definition) is 3. The molecule has 1 aromatic carbocycles. The number of urea groups is 1. The standard InChI is InChI=1S/C16H18N4OS/c1-2-20(10-7-15-18-9-11-22-15)16(21)19-14-5-3-4-13-12(14)6-8-17-13/h3-6,8-9,11,17H,2,7,10H2,1H3,(H,19,21). The van der Waals surface area contributed by atoms with Gasteiger partial charge in [-0.2, -0.15) is 0 Å². The number of fused-ring (bicyclic) bond motifs is 1. The number of carbonyl (C=O) groups excluding carboxylic acids is 1. The molecule has 0 aliphatic carbocycles. The third-order valence-corrected chi connectivity index (χ3v) is 4.42. The Bertz CT molecular complexity index is 750. The molecular formula is C16H18N4OS. The fourth-order valence-corrected chi connectivity index (χ4v) is 3.01. The van der Waals surface area contributed by atoms with Crippen molar-refractivity contribution in [2.24, 2.45) is 0 Å². The van der Waals surface area contributed by atoms with E-state index in [1.165, 1.54) is 0 Å². The summed E-state index contributed by atoms with van der Waals surface area (Å²) in [5, 5.41) is 7.03. The highest BCUT2D eigenvalue weighted by Gasteiger charge is 2.13. The van der Waals surface area contributed by atoms with Crippen LogP contribution in [0.2, 0.25) is 0 Å². The maximum atomic E-state index is 12.5. The molecule has 0 spiro atoms. The van der Waals surface area contributed by atoms with Gasteiger partial charge in [-0.05, 0) is 25.1 Å². The molecule has 3 aromatic rings. The Morgan fingerprint density at radius 2 is 2.32 bits per heavy atom. The van der Waals surface area contributed by atoms with Gasteiger partial charge < -0.3 is 15.2 Å². The minimum Gasteiger partial charge on any atom is -0.361 e. The van der Waals surface area contributed by atoms with Gasteiger partial charge >= 0.3 is 6.03 Å². The molecule has 0 aliphatic heterocycles. The lowest BCUT2D eigenvalue weighted by molar-refractivity contribution is 0.215. The molecule has 3 rings (SSSR count). The Balaban J connectivity index is 1.67. The summed E-state index contributed by atoms with van der Waals surface area (Å²) in [7, 11) is 0. The molecule has 0 unspecified atom stereocenters. The highest BCUT2D eigenvalue weighted by molar-refractivity contribution is 7.09. The predicted octanol–water partition coefficient (Wildman–Crippen LogP) is 3.72. The van der Waals surface area contributed by atoms with Crippen molar-refractivity contribution in [3.63, 3.8) is 0 Å². The summed E-state index contributed by atoms with van der Waals surface area (Å²) >= 11 is 1.62. The van der Waals surface area contributed by atoms with Gasteiger partial charge in [0.15, 0.2) is 0 Å². The Morgan fingerprint density at radius 3 is 3.09 bits per heavy atom. The van der Waals surface area contributed by atoms with Crippen LogP contribution in [0.15, 0.2) is 42.0 Å². The lowest BCUT2D eigenvalue weighted by Crippen LogP contribution is -2.36. The molecule has 0 radical (unpaired) electrons. The SMILES string of the molecule is CCN(CCc1nccs1)C(=O)Nc1cccc2[nH]ccc12. The maximum Gasteiger partial charge on any atom is 0.321 e. The molecule has 2 aromatic heterocycles. The monoisotopic (exact) mass is 314 g/mol. The molecule has 0 bridgehead atoms. The first-order chi connectivity index (χ1) is 10.8. The molecule has 0 fully saturated rings. The third kappa shape index (κ3) is 3.12. The van der Waals surface area contributed by atoms with Crippen LogP contribution in [0.25, 0.3) is 10.9 Å². The van der Waals surface area contributed by atoms with Crippen molar-refractivity contribution in [3.05, 3.63) is 47.0 Å². The lowest BCUT2D eigenvalue weighted by atomic mass is 10.2. The summed E-state index contributed by atoms with van der Waals surface area (Å²) in [6.45, 7) is 3.32. The largest absolute Gasteiger partial charge is 0.361 e. The number of nitrogens with one attached hydrogen (secondary N) is 2. The van der Waals surface area contributed by atoms with Crippen LogP contribution in [0.3, 0.4) is 0 Å². The molecule has 2 heterocycles. The van der Waals surface area contributed by atoms with Crippen molar-refractivity contribution < 1.29 is 4.79 Å². The van der Waals surface area contributed by atoms with Crippen molar-refractivity contribution in [2.45, 2.75) is 13.3 Å². The van der Waals surface area contributed by atoms with E-state index >= 15 is 0 Å². The highest BCUT2D eigenvalue weighted by atomic mass is 32.1. The van der Waals surface area contributed by atoms with Gasteiger partial charge in [-0.15, -0.1) is 11.3 Å². The molecule has 5 nitrogen and oxygen atoms in total. The van der Waals surface area contributed by atoms with Crippen LogP contribution in [0.1, 0.15) is 11.9 Å². The zero-order valence-electron chi connectivity index (χ0n) is 12.4. The van der Waals surface area contributed by atoms with Crippen LogP contribution in [0.4, 0.5) is 10.5 Å². The van der Waals surface area contributed by atoms with Crippen molar-refractivity contribution in [1.82, 2.24) is 14.9 Å². The Kier molecular flexibility index (Phi) is 4.39. The Labute approximate surface area is 133 Å². The normalized spacial score (nSPS) is 10.8. The summed E-state index contributed by atoms with van der Waals surface area (Å²) < 4.78 is 0. The minimum absolute atomic E-state index is 0.0762. The molecule has 0 saturated heterocycles. The van der Waals surface area contributed by atoms with Crippen LogP contribution >= 0.6 is 11.3 Å². The highest BCUT2D eigenvalue weighted by Crippen LogP contribution is 2.22. The van der Waals surface area contributed by atoms with Gasteiger partial charge in [0.1, 0.15) is 0 Å². The second-order valence-corrected chi connectivity index (χ2v) is 5.91. The second-order valence-electron chi connectivity index (χ2n) is 4.93. The fraction of sp³-hybridized carbons (Fsp3) is 0.250. The summed E-state index contributed by atoms with van der Waals surface area (Å²) in [4.78, 5) is 21.7. The molecule has 2 amide bonds. The zero-order chi connectivity index (χ0) is 15.4. The van der Waals surface area contributed by atoms with E-state index in [2.05, 4.69) is 15.3 Å². The van der Waals surface area contributed by atoms with Crippen LogP contribution in [-0.4, -0.2) is 34.0 Å². The number of anilines is 1. The number of aromatic nitrogens is 2. The van der Waals surface area contributed by atoms with E-state index in [0.29, 0.717) is 13.1 Å². The van der Waals surface area contributed by atoms with E-state index in [1.807, 2.05) is 42.8 Å². The van der Waals surface area contributed by atoms with Gasteiger partial charge in [-0.3, -0.25) is 0 Å². The number of likely N-dealkylation sites (N-methyl/N-ethyl adjacent to an activating group) is 1. The first-order valence-corrected chi connectivity index (χ1v) is 8.16. The molecular weight excluding hydrogens is 296 g/mol. The van der Waals surface area contributed by atoms with Crippen molar-refractivity contribution in [1.29, 1.82) is 0 Å². The number of amides is 2. The smallest absolute Gasteiger partial charge is 0.321 e. The predicted molar refractivity (Wildman–Crippen MR) is 90.4 cm³/mol. The fourth-order valence-electron chi connectivity index (χ4n) is 2.40. The molecule has 6 heteroatoms. The topological polar surface area (TPSA) is 61.0 Å². The van der Waals surface area contributed by atoms with E-state index in [1.54, 1.807) is 22.4 Å². The van der Waals surface area contributed by atoms with Crippen LogP contribution in [0.5, 0.6) is 0 Å². The molecule has 0 atom stereocenters. The molecule has 0 aliphatic rings. The average Bonchev–Trinajstić information content (AvgIpc) is 3.19. The van der Waals surface area contributed by atoms with Gasteiger partial charge in [0.05, 0.1) is 10.7 Å². The summed E-state index contributed by atoms with van der Waals surface area (Å²) in [6, 6.07) is 7.73. The van der Waals surface area contributed by atoms with E-state index < -0.39 is 0 Å². The van der Waals surface area contributed by atoms with Crippen LogP contribution < -0.4 is 5.32 Å². The van der Waals surface area contributed by atoms with Crippen molar-refractivity contribution in [3.8, 4) is 0 Å². The van der Waals surface area contributed by atoms with E-state index in [4.69, 9.17) is 0 Å². The van der Waals surface area contributed by atoms with Crippen molar-refractivity contribution >= 4 is 34.0 Å². The summed E-state index contributed by atoms with van der Waals surface area (Å²) in [5.41, 5.74) is 1.85. The number of thiazole rings is 1. The number of rotatable bonds is 5. The third-order valence-electron chi connectivity index (χ3n) is 3.58. The van der Waals surface area contributed by atoms with Gasteiger partial charge in [-0.25, -0.2) is 9.78 Å². The molecule has 22 heavy (non-hydrogen) atoms. The number of benzene rings is 1. The molecule has 0 saturated carbocycles. The maximum absolute atomic E-state index is 12.5. The number of H-pyrrole nitrogens is 1. The van der Waals surface area contributed by atoms with Crippen molar-refractivity contribution in [2.75, 3.05) is 18.4 Å². The Morgan fingerprint density at radius 1 is 1.41 bits per heavy atom. The van der Waals surface area contributed by atoms with E-state index in [0.717, 1.165) is 28.0 Å². The van der Waals surface area contributed by atoms with E-state index in [-0.39, 0.29) is 6.03 Å². The molecule has 2 N–H and O–H groups in total. The van der Waals surface area contributed by atoms with Crippen LogP contribution in [-0.2, 0) is 6.42 Å². The summed E-state index contributed by atoms with van der Waals surface area (Å²) in [6.07, 6.45) is 4.45. The minimum atomic E-state index is -0.0762. The quantitative estimate of drug-likeness (QED) is 0.754. The Hall–Kier alpha value is -2.34. The zero-order valence-corrected chi connectivity index (χ0v) is 13.2. The molecule has 114 valence electrons. The van der Waals surface area contributed by atoms with Gasteiger partial charge in [0.2, 0.25) is 0 Å².